The van der Waals surface area contributed by atoms with Crippen molar-refractivity contribution < 1.29 is 8.42 Å². The third kappa shape index (κ3) is 2.26. The summed E-state index contributed by atoms with van der Waals surface area (Å²) in [7, 11) is -3.50. The fraction of sp³-hybridized carbons (Fsp3) is 0.417. The summed E-state index contributed by atoms with van der Waals surface area (Å²) in [5.74, 6) is 0. The van der Waals surface area contributed by atoms with E-state index < -0.39 is 10.0 Å². The number of nitrogens with zero attached hydrogens (tertiary/aromatic N) is 2. The molecule has 1 aromatic carbocycles. The first-order valence-electron chi connectivity index (χ1n) is 6.06. The first-order chi connectivity index (χ1) is 8.67. The van der Waals surface area contributed by atoms with Crippen molar-refractivity contribution in [1.82, 2.24) is 5.32 Å². The molecule has 18 heavy (non-hydrogen) atoms. The number of benzene rings is 1. The Labute approximate surface area is 107 Å². The van der Waals surface area contributed by atoms with Crippen LogP contribution in [0.4, 0.5) is 5.69 Å². The molecule has 3 rings (SSSR count). The predicted octanol–water partition coefficient (Wildman–Crippen LogP) is 0.976. The molecule has 0 bridgehead atoms. The van der Waals surface area contributed by atoms with Gasteiger partial charge in [-0.2, -0.15) is 8.42 Å². The highest BCUT2D eigenvalue weighted by molar-refractivity contribution is 7.90. The van der Waals surface area contributed by atoms with Gasteiger partial charge in [0.05, 0.1) is 5.69 Å². The second-order valence-electron chi connectivity index (χ2n) is 4.59. The molecule has 1 heterocycles. The van der Waals surface area contributed by atoms with Gasteiger partial charge in [0.1, 0.15) is 11.2 Å². The van der Waals surface area contributed by atoms with Gasteiger partial charge in [-0.1, -0.05) is 12.1 Å². The van der Waals surface area contributed by atoms with E-state index in [1.807, 2.05) is 17.0 Å². The summed E-state index contributed by atoms with van der Waals surface area (Å²) in [5.41, 5.74) is 0.713. The highest BCUT2D eigenvalue weighted by atomic mass is 32.2. The summed E-state index contributed by atoms with van der Waals surface area (Å²) in [6.07, 6.45) is 3.91. The van der Waals surface area contributed by atoms with Crippen molar-refractivity contribution in [3.8, 4) is 0 Å². The summed E-state index contributed by atoms with van der Waals surface area (Å²) in [6.45, 7) is 1.57. The van der Waals surface area contributed by atoms with Gasteiger partial charge in [0.2, 0.25) is 0 Å². The van der Waals surface area contributed by atoms with Gasteiger partial charge < -0.3 is 10.2 Å². The molecule has 1 aliphatic heterocycles. The quantitative estimate of drug-likeness (QED) is 0.881. The maximum Gasteiger partial charge on any atom is 0.285 e. The molecule has 1 aromatic rings. The second-order valence-corrected chi connectivity index (χ2v) is 6.19. The van der Waals surface area contributed by atoms with Crippen molar-refractivity contribution in [3.05, 3.63) is 24.3 Å². The Kier molecular flexibility index (Phi) is 2.83. The summed E-state index contributed by atoms with van der Waals surface area (Å²) < 4.78 is 27.2. The van der Waals surface area contributed by atoms with E-state index in [1.54, 1.807) is 12.1 Å². The van der Waals surface area contributed by atoms with E-state index >= 15 is 0 Å². The lowest BCUT2D eigenvalue weighted by Gasteiger charge is -2.25. The Balaban J connectivity index is 1.79. The van der Waals surface area contributed by atoms with E-state index in [0.717, 1.165) is 13.1 Å². The Morgan fingerprint density at radius 1 is 1.33 bits per heavy atom. The molecule has 0 amide bonds. The zero-order valence-corrected chi connectivity index (χ0v) is 10.7. The van der Waals surface area contributed by atoms with Crippen molar-refractivity contribution in [2.75, 3.05) is 18.0 Å². The molecule has 0 unspecified atom stereocenters. The molecule has 1 fully saturated rings. The summed E-state index contributed by atoms with van der Waals surface area (Å²) >= 11 is 0. The lowest BCUT2D eigenvalue weighted by atomic mass is 10.3. The molecule has 0 spiro atoms. The van der Waals surface area contributed by atoms with Gasteiger partial charge in [0.15, 0.2) is 0 Å². The van der Waals surface area contributed by atoms with E-state index in [1.165, 1.54) is 19.2 Å². The smallest absolute Gasteiger partial charge is 0.285 e. The minimum absolute atomic E-state index is 0.291. The van der Waals surface area contributed by atoms with Crippen LogP contribution in [0.15, 0.2) is 33.6 Å². The van der Waals surface area contributed by atoms with Gasteiger partial charge in [-0.05, 0) is 25.0 Å². The molecule has 0 aromatic heterocycles. The van der Waals surface area contributed by atoms with Crippen LogP contribution in [0.25, 0.3) is 0 Å². The summed E-state index contributed by atoms with van der Waals surface area (Å²) in [4.78, 5) is 2.17. The minimum atomic E-state index is -3.50. The van der Waals surface area contributed by atoms with Gasteiger partial charge in [0, 0.05) is 19.1 Å². The topological polar surface area (TPSA) is 61.8 Å². The standard InChI is InChI=1S/C12H15N3O2S/c16-18(17)12-4-2-1-3-11(12)15(9-14-18)8-7-13-10-5-6-10/h1-4,9-10,13H,5-8H2. The molecule has 96 valence electrons. The van der Waals surface area contributed by atoms with E-state index in [4.69, 9.17) is 0 Å². The number of anilines is 1. The van der Waals surface area contributed by atoms with Crippen LogP contribution >= 0.6 is 0 Å². The molecular weight excluding hydrogens is 250 g/mol. The number of rotatable bonds is 4. The highest BCUT2D eigenvalue weighted by Gasteiger charge is 2.25. The molecule has 6 heteroatoms. The number of para-hydroxylation sites is 1. The number of nitrogens with one attached hydrogen (secondary N) is 1. The van der Waals surface area contributed by atoms with Crippen LogP contribution in [0.3, 0.4) is 0 Å². The fourth-order valence-corrected chi connectivity index (χ4v) is 3.06. The maximum absolute atomic E-state index is 11.8. The number of hydrogen-bond acceptors (Lipinski definition) is 4. The van der Waals surface area contributed by atoms with Crippen molar-refractivity contribution >= 4 is 22.0 Å². The largest absolute Gasteiger partial charge is 0.329 e. The molecular formula is C12H15N3O2S. The number of fused-ring (bicyclic) bond motifs is 1. The third-order valence-electron chi connectivity index (χ3n) is 3.14. The molecule has 1 saturated carbocycles. The normalized spacial score (nSPS) is 20.8. The van der Waals surface area contributed by atoms with Crippen molar-refractivity contribution in [1.29, 1.82) is 0 Å². The molecule has 2 aliphatic rings. The fourth-order valence-electron chi connectivity index (χ4n) is 2.01. The molecule has 0 atom stereocenters. The first-order valence-corrected chi connectivity index (χ1v) is 7.50. The predicted molar refractivity (Wildman–Crippen MR) is 70.5 cm³/mol. The molecule has 0 radical (unpaired) electrons. The molecule has 1 aliphatic carbocycles. The van der Waals surface area contributed by atoms with Crippen LogP contribution < -0.4 is 10.2 Å². The van der Waals surface area contributed by atoms with Crippen molar-refractivity contribution in [3.63, 3.8) is 0 Å². The number of hydrogen-bond donors (Lipinski definition) is 1. The second kappa shape index (κ2) is 4.37. The van der Waals surface area contributed by atoms with E-state index in [9.17, 15) is 8.42 Å². The maximum atomic E-state index is 11.8. The van der Waals surface area contributed by atoms with Gasteiger partial charge >= 0.3 is 0 Å². The Morgan fingerprint density at radius 2 is 2.11 bits per heavy atom. The zero-order chi connectivity index (χ0) is 12.6. The van der Waals surface area contributed by atoms with Crippen LogP contribution in [0, 0.1) is 0 Å². The van der Waals surface area contributed by atoms with E-state index in [-0.39, 0.29) is 0 Å². The van der Waals surface area contributed by atoms with Crippen LogP contribution in [0.2, 0.25) is 0 Å². The van der Waals surface area contributed by atoms with Crippen LogP contribution in [-0.2, 0) is 10.0 Å². The number of sulfonamides is 1. The van der Waals surface area contributed by atoms with Gasteiger partial charge in [-0.15, -0.1) is 4.40 Å². The minimum Gasteiger partial charge on any atom is -0.329 e. The van der Waals surface area contributed by atoms with Crippen molar-refractivity contribution in [2.24, 2.45) is 4.40 Å². The first kappa shape index (κ1) is 11.7. The van der Waals surface area contributed by atoms with Crippen LogP contribution in [0.1, 0.15) is 12.8 Å². The average Bonchev–Trinajstić information content (AvgIpc) is 3.17. The van der Waals surface area contributed by atoms with E-state index in [0.29, 0.717) is 16.6 Å². The molecule has 1 N–H and O–H groups in total. The van der Waals surface area contributed by atoms with Crippen LogP contribution in [0.5, 0.6) is 0 Å². The van der Waals surface area contributed by atoms with Gasteiger partial charge in [0.25, 0.3) is 10.0 Å². The third-order valence-corrected chi connectivity index (χ3v) is 4.41. The van der Waals surface area contributed by atoms with Gasteiger partial charge in [-0.3, -0.25) is 0 Å². The zero-order valence-electron chi connectivity index (χ0n) is 9.91. The van der Waals surface area contributed by atoms with Crippen molar-refractivity contribution in [2.45, 2.75) is 23.8 Å². The summed E-state index contributed by atoms with van der Waals surface area (Å²) in [5, 5.41) is 3.40. The Bertz CT molecular complexity index is 579. The van der Waals surface area contributed by atoms with E-state index in [2.05, 4.69) is 9.71 Å². The lowest BCUT2D eigenvalue weighted by Crippen LogP contribution is -2.34. The molecule has 5 nitrogen and oxygen atoms in total. The highest BCUT2D eigenvalue weighted by Crippen LogP contribution is 2.28. The van der Waals surface area contributed by atoms with Gasteiger partial charge in [-0.25, -0.2) is 0 Å². The lowest BCUT2D eigenvalue weighted by molar-refractivity contribution is 0.596. The Hall–Kier alpha value is -1.40. The monoisotopic (exact) mass is 265 g/mol. The van der Waals surface area contributed by atoms with Crippen LogP contribution in [-0.4, -0.2) is 33.9 Å². The average molecular weight is 265 g/mol. The SMILES string of the molecule is O=S1(=O)N=CN(CCNC2CC2)c2ccccc21. The summed E-state index contributed by atoms with van der Waals surface area (Å²) in [6, 6.07) is 7.63. The Morgan fingerprint density at radius 3 is 2.89 bits per heavy atom. The molecule has 0 saturated heterocycles.